The smallest absolute Gasteiger partial charge is 0.271 e. The summed E-state index contributed by atoms with van der Waals surface area (Å²) < 4.78 is 0. The number of likely N-dealkylation sites (tertiary alicyclic amines) is 1. The van der Waals surface area contributed by atoms with Crippen LogP contribution in [0.15, 0.2) is 12.1 Å². The lowest BCUT2D eigenvalue weighted by atomic mass is 10.1. The van der Waals surface area contributed by atoms with E-state index in [9.17, 15) is 4.79 Å². The Morgan fingerprint density at radius 3 is 2.68 bits per heavy atom. The number of amides is 1. The van der Waals surface area contributed by atoms with Crippen LogP contribution in [-0.4, -0.2) is 54.2 Å². The van der Waals surface area contributed by atoms with Crippen molar-refractivity contribution in [2.75, 3.05) is 38.5 Å². The molecule has 2 rings (SSSR count). The molecule has 104 valence electrons. The summed E-state index contributed by atoms with van der Waals surface area (Å²) in [6.07, 6.45) is 3.87. The fraction of sp³-hybridized carbons (Fsp3) is 0.615. The molecule has 0 bridgehead atoms. The molecule has 0 unspecified atom stereocenters. The van der Waals surface area contributed by atoms with Crippen LogP contribution in [0.3, 0.4) is 0 Å². The van der Waals surface area contributed by atoms with Gasteiger partial charge in [0.15, 0.2) is 5.69 Å². The minimum atomic E-state index is -0.160. The Morgan fingerprint density at radius 1 is 1.26 bits per heavy atom. The van der Waals surface area contributed by atoms with Gasteiger partial charge in [0.25, 0.3) is 5.91 Å². The fourth-order valence-electron chi connectivity index (χ4n) is 2.19. The van der Waals surface area contributed by atoms with Crippen molar-refractivity contribution in [2.45, 2.75) is 19.3 Å². The van der Waals surface area contributed by atoms with E-state index in [1.54, 1.807) is 19.2 Å². The summed E-state index contributed by atoms with van der Waals surface area (Å²) in [7, 11) is 1.77. The van der Waals surface area contributed by atoms with Crippen LogP contribution in [0.1, 0.15) is 29.8 Å². The fourth-order valence-corrected chi connectivity index (χ4v) is 2.19. The van der Waals surface area contributed by atoms with Crippen molar-refractivity contribution in [2.24, 2.45) is 0 Å². The van der Waals surface area contributed by atoms with Crippen LogP contribution < -0.4 is 10.6 Å². The van der Waals surface area contributed by atoms with E-state index in [0.717, 1.165) is 19.6 Å². The molecule has 0 spiro atoms. The maximum absolute atomic E-state index is 11.8. The van der Waals surface area contributed by atoms with Crippen LogP contribution in [-0.2, 0) is 0 Å². The van der Waals surface area contributed by atoms with E-state index in [1.807, 2.05) is 0 Å². The van der Waals surface area contributed by atoms with Gasteiger partial charge in [-0.2, -0.15) is 0 Å². The van der Waals surface area contributed by atoms with Crippen LogP contribution in [0.4, 0.5) is 5.82 Å². The largest absolute Gasteiger partial charge is 0.372 e. The molecule has 19 heavy (non-hydrogen) atoms. The molecule has 0 atom stereocenters. The van der Waals surface area contributed by atoms with E-state index in [0.29, 0.717) is 18.1 Å². The van der Waals surface area contributed by atoms with E-state index in [2.05, 4.69) is 25.7 Å². The summed E-state index contributed by atoms with van der Waals surface area (Å²) in [6.45, 7) is 3.86. The summed E-state index contributed by atoms with van der Waals surface area (Å²) in [5, 5.41) is 13.5. The van der Waals surface area contributed by atoms with Gasteiger partial charge in [0.1, 0.15) is 5.82 Å². The maximum Gasteiger partial charge on any atom is 0.271 e. The topological polar surface area (TPSA) is 70.2 Å². The average molecular weight is 263 g/mol. The molecule has 1 amide bonds. The zero-order chi connectivity index (χ0) is 13.5. The van der Waals surface area contributed by atoms with Gasteiger partial charge in [-0.15, -0.1) is 10.2 Å². The van der Waals surface area contributed by atoms with Crippen molar-refractivity contribution in [1.29, 1.82) is 0 Å². The minimum Gasteiger partial charge on any atom is -0.372 e. The van der Waals surface area contributed by atoms with Gasteiger partial charge in [-0.05, 0) is 38.1 Å². The Kier molecular flexibility index (Phi) is 5.09. The van der Waals surface area contributed by atoms with Crippen LogP contribution in [0.25, 0.3) is 0 Å². The molecule has 1 aliphatic rings. The number of hydrogen-bond donors (Lipinski definition) is 2. The highest BCUT2D eigenvalue weighted by atomic mass is 16.1. The van der Waals surface area contributed by atoms with Crippen LogP contribution >= 0.6 is 0 Å². The van der Waals surface area contributed by atoms with Gasteiger partial charge >= 0.3 is 0 Å². The van der Waals surface area contributed by atoms with Gasteiger partial charge in [0, 0.05) is 20.1 Å². The summed E-state index contributed by atoms with van der Waals surface area (Å²) >= 11 is 0. The van der Waals surface area contributed by atoms with Crippen molar-refractivity contribution < 1.29 is 4.79 Å². The lowest BCUT2D eigenvalue weighted by molar-refractivity contribution is 0.0940. The Morgan fingerprint density at radius 2 is 2.05 bits per heavy atom. The monoisotopic (exact) mass is 263 g/mol. The van der Waals surface area contributed by atoms with Gasteiger partial charge in [-0.3, -0.25) is 4.79 Å². The molecule has 0 aromatic carbocycles. The highest BCUT2D eigenvalue weighted by Crippen LogP contribution is 2.07. The second-order valence-corrected chi connectivity index (χ2v) is 4.71. The summed E-state index contributed by atoms with van der Waals surface area (Å²) in [4.78, 5) is 14.2. The molecule has 0 saturated carbocycles. The summed E-state index contributed by atoms with van der Waals surface area (Å²) in [5.41, 5.74) is 0.359. The summed E-state index contributed by atoms with van der Waals surface area (Å²) in [5.74, 6) is 0.497. The predicted octanol–water partition coefficient (Wildman–Crippen LogP) is 0.734. The lowest BCUT2D eigenvalue weighted by Crippen LogP contribution is -2.37. The number of nitrogens with zero attached hydrogens (tertiary/aromatic N) is 3. The number of piperidine rings is 1. The molecule has 1 saturated heterocycles. The van der Waals surface area contributed by atoms with E-state index in [1.165, 1.54) is 19.3 Å². The van der Waals surface area contributed by atoms with Crippen molar-refractivity contribution in [3.8, 4) is 0 Å². The molecule has 1 aliphatic heterocycles. The van der Waals surface area contributed by atoms with Crippen molar-refractivity contribution >= 4 is 11.7 Å². The third-order valence-corrected chi connectivity index (χ3v) is 3.32. The quantitative estimate of drug-likeness (QED) is 0.819. The molecular weight excluding hydrogens is 242 g/mol. The zero-order valence-corrected chi connectivity index (χ0v) is 11.4. The number of aromatic nitrogens is 2. The van der Waals surface area contributed by atoms with Crippen LogP contribution in [0, 0.1) is 0 Å². The molecule has 0 aliphatic carbocycles. The average Bonchev–Trinajstić information content (AvgIpc) is 2.48. The van der Waals surface area contributed by atoms with E-state index in [-0.39, 0.29) is 5.91 Å². The summed E-state index contributed by atoms with van der Waals surface area (Å²) in [6, 6.07) is 3.42. The highest BCUT2D eigenvalue weighted by Gasteiger charge is 2.11. The van der Waals surface area contributed by atoms with Crippen molar-refractivity contribution in [1.82, 2.24) is 20.4 Å². The molecule has 2 N–H and O–H groups in total. The van der Waals surface area contributed by atoms with Crippen molar-refractivity contribution in [3.63, 3.8) is 0 Å². The third-order valence-electron chi connectivity index (χ3n) is 3.32. The van der Waals surface area contributed by atoms with Gasteiger partial charge in [0.05, 0.1) is 0 Å². The number of hydrogen-bond acceptors (Lipinski definition) is 5. The second kappa shape index (κ2) is 7.04. The van der Waals surface area contributed by atoms with E-state index < -0.39 is 0 Å². The van der Waals surface area contributed by atoms with E-state index >= 15 is 0 Å². The Labute approximate surface area is 113 Å². The molecule has 1 aromatic heterocycles. The number of carbonyl (C=O) groups excluding carboxylic acids is 1. The SMILES string of the molecule is CNc1ccc(C(=O)NCCN2CCCCC2)nn1. The zero-order valence-electron chi connectivity index (χ0n) is 11.4. The Bertz CT molecular complexity index is 400. The maximum atomic E-state index is 11.8. The van der Waals surface area contributed by atoms with E-state index in [4.69, 9.17) is 0 Å². The van der Waals surface area contributed by atoms with Gasteiger partial charge < -0.3 is 15.5 Å². The molecule has 0 radical (unpaired) electrons. The number of carbonyl (C=O) groups is 1. The number of nitrogens with one attached hydrogen (secondary N) is 2. The minimum absolute atomic E-state index is 0.160. The first-order valence-electron chi connectivity index (χ1n) is 6.81. The number of anilines is 1. The molecule has 6 nitrogen and oxygen atoms in total. The normalized spacial score (nSPS) is 16.1. The van der Waals surface area contributed by atoms with Crippen LogP contribution in [0.5, 0.6) is 0 Å². The van der Waals surface area contributed by atoms with Gasteiger partial charge in [0.2, 0.25) is 0 Å². The lowest BCUT2D eigenvalue weighted by Gasteiger charge is -2.26. The highest BCUT2D eigenvalue weighted by molar-refractivity contribution is 5.92. The molecule has 1 aromatic rings. The first-order chi connectivity index (χ1) is 9.29. The third kappa shape index (κ3) is 4.17. The van der Waals surface area contributed by atoms with Crippen molar-refractivity contribution in [3.05, 3.63) is 17.8 Å². The number of rotatable bonds is 5. The predicted molar refractivity (Wildman–Crippen MR) is 74.2 cm³/mol. The van der Waals surface area contributed by atoms with Crippen LogP contribution in [0.2, 0.25) is 0 Å². The molecular formula is C13H21N5O. The van der Waals surface area contributed by atoms with Gasteiger partial charge in [-0.25, -0.2) is 0 Å². The first kappa shape index (κ1) is 13.7. The molecule has 2 heterocycles. The molecule has 6 heteroatoms. The van der Waals surface area contributed by atoms with Gasteiger partial charge in [-0.1, -0.05) is 6.42 Å². The Balaban J connectivity index is 1.73. The first-order valence-corrected chi connectivity index (χ1v) is 6.81. The Hall–Kier alpha value is -1.69. The standard InChI is InChI=1S/C13H21N5O/c1-14-12-6-5-11(16-17-12)13(19)15-7-10-18-8-3-2-4-9-18/h5-6H,2-4,7-10H2,1H3,(H,14,17)(H,15,19). The molecule has 1 fully saturated rings. The second-order valence-electron chi connectivity index (χ2n) is 4.71.